The van der Waals surface area contributed by atoms with Crippen LogP contribution in [0.15, 0.2) is 0 Å². The average molecular weight is 211 g/mol. The first-order valence-corrected chi connectivity index (χ1v) is 5.28. The molecule has 0 aromatic carbocycles. The van der Waals surface area contributed by atoms with Gasteiger partial charge in [0, 0.05) is 13.1 Å². The Bertz CT molecular complexity index is 139. The Hall–Kier alpha value is -0.185. The molecule has 0 rings (SSSR count). The molecule has 0 heterocycles. The number of hydrogen-bond donors (Lipinski definition) is 0. The lowest BCUT2D eigenvalue weighted by Crippen LogP contribution is -2.25. The van der Waals surface area contributed by atoms with Gasteiger partial charge >= 0.3 is 6.98 Å². The molecule has 0 N–H and O–H groups in total. The second-order valence-corrected chi connectivity index (χ2v) is 3.66. The Morgan fingerprint density at radius 2 is 1.86 bits per heavy atom. The summed E-state index contributed by atoms with van der Waals surface area (Å²) < 4.78 is 40.0. The van der Waals surface area contributed by atoms with E-state index in [9.17, 15) is 12.9 Å². The number of hydrogen-bond acceptors (Lipinski definition) is 1. The second-order valence-electron chi connectivity index (χ2n) is 3.66. The first-order valence-electron chi connectivity index (χ1n) is 5.28. The lowest BCUT2D eigenvalue weighted by Gasteiger charge is -2.18. The van der Waals surface area contributed by atoms with Gasteiger partial charge in [0.2, 0.25) is 0 Å². The van der Waals surface area contributed by atoms with Gasteiger partial charge < -0.3 is 17.7 Å². The number of rotatable bonds is 8. The van der Waals surface area contributed by atoms with Gasteiger partial charge in [0.15, 0.2) is 0 Å². The highest BCUT2D eigenvalue weighted by atomic mass is 19.4. The Kier molecular flexibility index (Phi) is 7.06. The van der Waals surface area contributed by atoms with E-state index in [1.54, 1.807) is 0 Å². The third kappa shape index (κ3) is 8.41. The molecule has 0 aromatic rings. The van der Waals surface area contributed by atoms with Gasteiger partial charge in [-0.2, -0.15) is 0 Å². The molecule has 1 atom stereocenters. The van der Waals surface area contributed by atoms with Crippen LogP contribution in [-0.4, -0.2) is 20.1 Å². The molecule has 0 spiro atoms. The van der Waals surface area contributed by atoms with Crippen molar-refractivity contribution in [2.75, 3.05) is 13.1 Å². The van der Waals surface area contributed by atoms with Gasteiger partial charge in [-0.25, -0.2) is 0 Å². The number of unbranched alkanes of at least 4 members (excludes halogenated alkanes) is 1. The Balaban J connectivity index is 3.52. The third-order valence-electron chi connectivity index (χ3n) is 2.20. The van der Waals surface area contributed by atoms with Crippen LogP contribution >= 0.6 is 0 Å². The van der Waals surface area contributed by atoms with Gasteiger partial charge in [-0.05, 0) is 12.3 Å². The van der Waals surface area contributed by atoms with Gasteiger partial charge in [-0.1, -0.05) is 33.1 Å². The molecule has 0 aliphatic rings. The standard InChI is InChI=1S/C9H19BF3O/c1-3-5-6-9(4-2)7-14-8-10(11,12)13/h9H,3-8H2,1-2H3/q-1. The minimum atomic E-state index is -4.78. The van der Waals surface area contributed by atoms with Gasteiger partial charge in [0.05, 0.1) is 0 Å². The molecule has 1 nitrogen and oxygen atoms in total. The second kappa shape index (κ2) is 7.15. The highest BCUT2D eigenvalue weighted by Gasteiger charge is 2.23. The van der Waals surface area contributed by atoms with E-state index in [-0.39, 0.29) is 12.5 Å². The summed E-state index contributed by atoms with van der Waals surface area (Å²) in [6.07, 6.45) is 4.02. The zero-order valence-electron chi connectivity index (χ0n) is 8.94. The fraction of sp³-hybridized carbons (Fsp3) is 1.00. The Labute approximate surface area is 84.1 Å². The highest BCUT2D eigenvalue weighted by molar-refractivity contribution is 6.58. The van der Waals surface area contributed by atoms with Crippen LogP contribution in [0.25, 0.3) is 0 Å². The maximum Gasteiger partial charge on any atom is 0.503 e. The Morgan fingerprint density at radius 3 is 2.29 bits per heavy atom. The molecule has 0 aliphatic carbocycles. The normalized spacial score (nSPS) is 14.4. The van der Waals surface area contributed by atoms with E-state index < -0.39 is 13.5 Å². The van der Waals surface area contributed by atoms with Gasteiger partial charge in [0.1, 0.15) is 0 Å². The largest absolute Gasteiger partial charge is 0.503 e. The predicted molar refractivity (Wildman–Crippen MR) is 53.2 cm³/mol. The first-order chi connectivity index (χ1) is 6.49. The van der Waals surface area contributed by atoms with Gasteiger partial charge in [-0.15, -0.1) is 0 Å². The van der Waals surface area contributed by atoms with E-state index in [1.165, 1.54) is 0 Å². The highest BCUT2D eigenvalue weighted by Crippen LogP contribution is 2.14. The van der Waals surface area contributed by atoms with Crippen molar-refractivity contribution in [1.29, 1.82) is 0 Å². The van der Waals surface area contributed by atoms with Crippen LogP contribution in [0.4, 0.5) is 12.9 Å². The fourth-order valence-corrected chi connectivity index (χ4v) is 1.27. The molecule has 1 unspecified atom stereocenters. The molecule has 0 aliphatic heterocycles. The predicted octanol–water partition coefficient (Wildman–Crippen LogP) is 3.61. The van der Waals surface area contributed by atoms with E-state index in [1.807, 2.05) is 6.92 Å². The first kappa shape index (κ1) is 13.8. The van der Waals surface area contributed by atoms with Gasteiger partial charge in [-0.3, -0.25) is 0 Å². The maximum absolute atomic E-state index is 11.8. The molecule has 86 valence electrons. The topological polar surface area (TPSA) is 9.23 Å². The van der Waals surface area contributed by atoms with Crippen LogP contribution < -0.4 is 0 Å². The van der Waals surface area contributed by atoms with Crippen molar-refractivity contribution in [2.24, 2.45) is 5.92 Å². The van der Waals surface area contributed by atoms with Crippen molar-refractivity contribution in [3.63, 3.8) is 0 Å². The molecule has 0 aromatic heterocycles. The van der Waals surface area contributed by atoms with Crippen LogP contribution in [0.3, 0.4) is 0 Å². The third-order valence-corrected chi connectivity index (χ3v) is 2.20. The molecule has 0 fully saturated rings. The van der Waals surface area contributed by atoms with E-state index in [4.69, 9.17) is 0 Å². The summed E-state index contributed by atoms with van der Waals surface area (Å²) >= 11 is 0. The van der Waals surface area contributed by atoms with Crippen molar-refractivity contribution in [1.82, 2.24) is 0 Å². The fourth-order valence-electron chi connectivity index (χ4n) is 1.27. The number of halogens is 3. The molecule has 0 bridgehead atoms. The monoisotopic (exact) mass is 211 g/mol. The molecular formula is C9H19BF3O-. The molecule has 0 radical (unpaired) electrons. The minimum absolute atomic E-state index is 0.248. The summed E-state index contributed by atoms with van der Waals surface area (Å²) in [5.74, 6) is 0.285. The SMILES string of the molecule is CCCCC(CC)COC[B-](F)(F)F. The summed E-state index contributed by atoms with van der Waals surface area (Å²) in [6.45, 7) is -1.52. The smallest absolute Gasteiger partial charge is 0.447 e. The summed E-state index contributed by atoms with van der Waals surface area (Å²) in [6, 6.07) is 0. The van der Waals surface area contributed by atoms with E-state index in [2.05, 4.69) is 11.7 Å². The van der Waals surface area contributed by atoms with Crippen LogP contribution in [0, 0.1) is 5.92 Å². The van der Waals surface area contributed by atoms with Gasteiger partial charge in [0.25, 0.3) is 0 Å². The summed E-state index contributed by atoms with van der Waals surface area (Å²) in [5.41, 5.74) is 0. The molecule has 0 saturated heterocycles. The van der Waals surface area contributed by atoms with E-state index >= 15 is 0 Å². The van der Waals surface area contributed by atoms with Crippen molar-refractivity contribution in [3.8, 4) is 0 Å². The van der Waals surface area contributed by atoms with Crippen molar-refractivity contribution >= 4 is 6.98 Å². The minimum Gasteiger partial charge on any atom is -0.447 e. The quantitative estimate of drug-likeness (QED) is 0.557. The molecular weight excluding hydrogens is 192 g/mol. The molecule has 0 amide bonds. The van der Waals surface area contributed by atoms with Crippen LogP contribution in [0.5, 0.6) is 0 Å². The zero-order chi connectivity index (χ0) is 11.0. The van der Waals surface area contributed by atoms with Crippen LogP contribution in [-0.2, 0) is 4.74 Å². The maximum atomic E-state index is 11.8. The van der Waals surface area contributed by atoms with Crippen LogP contribution in [0.2, 0.25) is 0 Å². The van der Waals surface area contributed by atoms with Crippen molar-refractivity contribution < 1.29 is 17.7 Å². The lowest BCUT2D eigenvalue weighted by atomic mass is 9.94. The summed E-state index contributed by atoms with van der Waals surface area (Å²) in [4.78, 5) is 0. The molecule has 5 heteroatoms. The number of ether oxygens (including phenoxy) is 1. The lowest BCUT2D eigenvalue weighted by molar-refractivity contribution is 0.109. The van der Waals surface area contributed by atoms with Crippen molar-refractivity contribution in [3.05, 3.63) is 0 Å². The molecule has 0 saturated carbocycles. The van der Waals surface area contributed by atoms with Crippen molar-refractivity contribution in [2.45, 2.75) is 39.5 Å². The molecule has 14 heavy (non-hydrogen) atoms. The van der Waals surface area contributed by atoms with E-state index in [0.29, 0.717) is 0 Å². The Morgan fingerprint density at radius 1 is 1.21 bits per heavy atom. The zero-order valence-corrected chi connectivity index (χ0v) is 8.94. The summed E-state index contributed by atoms with van der Waals surface area (Å²) in [7, 11) is 0. The van der Waals surface area contributed by atoms with Crippen LogP contribution in [0.1, 0.15) is 39.5 Å². The van der Waals surface area contributed by atoms with E-state index in [0.717, 1.165) is 25.7 Å². The average Bonchev–Trinajstić information content (AvgIpc) is 2.09. The summed E-state index contributed by atoms with van der Waals surface area (Å²) in [5, 5.41) is 0.